The molecule has 1 aromatic rings. The molecule has 66 valence electrons. The zero-order valence-electron chi connectivity index (χ0n) is 7.07. The molecule has 4 nitrogen and oxygen atoms in total. The van der Waals surface area contributed by atoms with Gasteiger partial charge in [0.05, 0.1) is 12.0 Å². The van der Waals surface area contributed by atoms with E-state index in [0.717, 1.165) is 4.88 Å². The lowest BCUT2D eigenvalue weighted by molar-refractivity contribution is 0.402. The predicted molar refractivity (Wildman–Crippen MR) is 49.9 cm³/mol. The molecule has 0 amide bonds. The molecular weight excluding hydrogens is 174 g/mol. The Morgan fingerprint density at radius 1 is 1.83 bits per heavy atom. The fourth-order valence-corrected chi connectivity index (χ4v) is 1.35. The molecule has 0 aliphatic rings. The van der Waals surface area contributed by atoms with E-state index >= 15 is 0 Å². The SMILES string of the molecule is CCN=C(N)c1cc(OC)ns1. The second-order valence-electron chi connectivity index (χ2n) is 2.09. The number of nitrogens with zero attached hydrogens (tertiary/aromatic N) is 2. The summed E-state index contributed by atoms with van der Waals surface area (Å²) in [5.41, 5.74) is 5.64. The number of amidine groups is 1. The van der Waals surface area contributed by atoms with E-state index in [2.05, 4.69) is 9.37 Å². The van der Waals surface area contributed by atoms with Crippen molar-refractivity contribution in [3.05, 3.63) is 10.9 Å². The maximum atomic E-state index is 5.64. The molecule has 0 aliphatic carbocycles. The Balaban J connectivity index is 2.81. The van der Waals surface area contributed by atoms with E-state index in [9.17, 15) is 0 Å². The van der Waals surface area contributed by atoms with Gasteiger partial charge < -0.3 is 10.5 Å². The maximum absolute atomic E-state index is 5.64. The molecule has 1 heterocycles. The second-order valence-corrected chi connectivity index (χ2v) is 2.90. The summed E-state index contributed by atoms with van der Waals surface area (Å²) in [6.07, 6.45) is 0. The number of aliphatic imine (C=N–C) groups is 1. The Labute approximate surface area is 75.2 Å². The van der Waals surface area contributed by atoms with E-state index in [1.165, 1.54) is 11.5 Å². The van der Waals surface area contributed by atoms with Gasteiger partial charge in [0, 0.05) is 12.6 Å². The highest BCUT2D eigenvalue weighted by Crippen LogP contribution is 2.15. The first-order valence-corrected chi connectivity index (χ1v) is 4.36. The van der Waals surface area contributed by atoms with E-state index in [1.54, 1.807) is 13.2 Å². The number of nitrogens with two attached hydrogens (primary N) is 1. The Morgan fingerprint density at radius 2 is 2.58 bits per heavy atom. The number of ether oxygens (including phenoxy) is 1. The van der Waals surface area contributed by atoms with Crippen LogP contribution in [0.5, 0.6) is 5.88 Å². The molecule has 5 heteroatoms. The van der Waals surface area contributed by atoms with E-state index in [0.29, 0.717) is 18.3 Å². The quantitative estimate of drug-likeness (QED) is 0.561. The summed E-state index contributed by atoms with van der Waals surface area (Å²) in [7, 11) is 1.58. The van der Waals surface area contributed by atoms with E-state index in [-0.39, 0.29) is 0 Å². The van der Waals surface area contributed by atoms with Crippen molar-refractivity contribution in [3.8, 4) is 5.88 Å². The van der Waals surface area contributed by atoms with Gasteiger partial charge in [-0.05, 0) is 18.5 Å². The summed E-state index contributed by atoms with van der Waals surface area (Å²) in [6.45, 7) is 2.62. The normalized spacial score (nSPS) is 11.7. The van der Waals surface area contributed by atoms with Gasteiger partial charge in [0.25, 0.3) is 0 Å². The van der Waals surface area contributed by atoms with E-state index < -0.39 is 0 Å². The molecule has 0 unspecified atom stereocenters. The van der Waals surface area contributed by atoms with Crippen LogP contribution in [0, 0.1) is 0 Å². The van der Waals surface area contributed by atoms with Crippen LogP contribution in [0.1, 0.15) is 11.8 Å². The number of hydrogen-bond donors (Lipinski definition) is 1. The number of rotatable bonds is 3. The number of methoxy groups -OCH3 is 1. The summed E-state index contributed by atoms with van der Waals surface area (Å²) in [6, 6.07) is 1.78. The van der Waals surface area contributed by atoms with Gasteiger partial charge >= 0.3 is 0 Å². The van der Waals surface area contributed by atoms with Crippen molar-refractivity contribution >= 4 is 17.4 Å². The van der Waals surface area contributed by atoms with Crippen molar-refractivity contribution in [2.24, 2.45) is 10.7 Å². The van der Waals surface area contributed by atoms with Crippen LogP contribution in [0.15, 0.2) is 11.1 Å². The van der Waals surface area contributed by atoms with Gasteiger partial charge in [-0.2, -0.15) is 4.37 Å². The third-order valence-corrected chi connectivity index (χ3v) is 2.07. The molecule has 0 radical (unpaired) electrons. The molecule has 1 rings (SSSR count). The molecular formula is C7H11N3OS. The van der Waals surface area contributed by atoms with Crippen LogP contribution in [-0.4, -0.2) is 23.9 Å². The average Bonchev–Trinajstić information content (AvgIpc) is 2.52. The van der Waals surface area contributed by atoms with Crippen molar-refractivity contribution in [2.45, 2.75) is 6.92 Å². The zero-order valence-corrected chi connectivity index (χ0v) is 7.89. The Hall–Kier alpha value is -1.10. The predicted octanol–water partition coefficient (Wildman–Crippen LogP) is 0.877. The summed E-state index contributed by atoms with van der Waals surface area (Å²) in [5, 5.41) is 0. The molecule has 0 bridgehead atoms. The summed E-state index contributed by atoms with van der Waals surface area (Å²) < 4.78 is 8.91. The van der Waals surface area contributed by atoms with Crippen LogP contribution < -0.4 is 10.5 Å². The van der Waals surface area contributed by atoms with Gasteiger partial charge in [0.2, 0.25) is 5.88 Å². The molecule has 0 aromatic carbocycles. The van der Waals surface area contributed by atoms with Crippen molar-refractivity contribution in [2.75, 3.05) is 13.7 Å². The van der Waals surface area contributed by atoms with Gasteiger partial charge in [-0.25, -0.2) is 0 Å². The van der Waals surface area contributed by atoms with Crippen molar-refractivity contribution in [1.29, 1.82) is 0 Å². The summed E-state index contributed by atoms with van der Waals surface area (Å²) >= 11 is 1.29. The van der Waals surface area contributed by atoms with Crippen LogP contribution >= 0.6 is 11.5 Å². The minimum Gasteiger partial charge on any atom is -0.480 e. The molecule has 0 spiro atoms. The lowest BCUT2D eigenvalue weighted by atomic mass is 10.4. The van der Waals surface area contributed by atoms with E-state index in [4.69, 9.17) is 10.5 Å². The third-order valence-electron chi connectivity index (χ3n) is 1.28. The summed E-state index contributed by atoms with van der Waals surface area (Å²) in [4.78, 5) is 4.91. The molecule has 0 saturated carbocycles. The topological polar surface area (TPSA) is 60.5 Å². The van der Waals surface area contributed by atoms with Gasteiger partial charge in [-0.15, -0.1) is 0 Å². The first-order valence-electron chi connectivity index (χ1n) is 3.59. The van der Waals surface area contributed by atoms with Crippen molar-refractivity contribution in [1.82, 2.24) is 4.37 Å². The van der Waals surface area contributed by atoms with Gasteiger partial charge in [0.1, 0.15) is 5.84 Å². The molecule has 0 atom stereocenters. The maximum Gasteiger partial charge on any atom is 0.225 e. The van der Waals surface area contributed by atoms with Crippen molar-refractivity contribution < 1.29 is 4.74 Å². The molecule has 12 heavy (non-hydrogen) atoms. The Bertz CT molecular complexity index is 282. The van der Waals surface area contributed by atoms with Gasteiger partial charge in [-0.3, -0.25) is 4.99 Å². The van der Waals surface area contributed by atoms with E-state index in [1.807, 2.05) is 6.92 Å². The highest BCUT2D eigenvalue weighted by Gasteiger charge is 2.03. The lowest BCUT2D eigenvalue weighted by Crippen LogP contribution is -2.11. The highest BCUT2D eigenvalue weighted by molar-refractivity contribution is 7.08. The highest BCUT2D eigenvalue weighted by atomic mass is 32.1. The largest absolute Gasteiger partial charge is 0.480 e. The number of aromatic nitrogens is 1. The standard InChI is InChI=1S/C7H11N3OS/c1-3-9-7(8)5-4-6(11-2)10-12-5/h4H,3H2,1-2H3,(H2,8,9). The third kappa shape index (κ3) is 1.94. The molecule has 0 fully saturated rings. The molecule has 0 aliphatic heterocycles. The minimum atomic E-state index is 0.526. The van der Waals surface area contributed by atoms with Crippen LogP contribution in [0.25, 0.3) is 0 Å². The fraction of sp³-hybridized carbons (Fsp3) is 0.429. The average molecular weight is 185 g/mol. The Morgan fingerprint density at radius 3 is 3.08 bits per heavy atom. The van der Waals surface area contributed by atoms with Crippen LogP contribution in [0.4, 0.5) is 0 Å². The first-order chi connectivity index (χ1) is 5.77. The fourth-order valence-electron chi connectivity index (χ4n) is 0.724. The monoisotopic (exact) mass is 185 g/mol. The molecule has 2 N–H and O–H groups in total. The molecule has 0 saturated heterocycles. The van der Waals surface area contributed by atoms with Crippen LogP contribution in [0.2, 0.25) is 0 Å². The second kappa shape index (κ2) is 4.06. The number of hydrogen-bond acceptors (Lipinski definition) is 4. The van der Waals surface area contributed by atoms with Crippen LogP contribution in [0.3, 0.4) is 0 Å². The smallest absolute Gasteiger partial charge is 0.225 e. The minimum absolute atomic E-state index is 0.526. The zero-order chi connectivity index (χ0) is 8.97. The Kier molecular flexibility index (Phi) is 3.04. The molecule has 1 aromatic heterocycles. The van der Waals surface area contributed by atoms with Gasteiger partial charge in [0.15, 0.2) is 0 Å². The first kappa shape index (κ1) is 8.99. The lowest BCUT2D eigenvalue weighted by Gasteiger charge is -1.91. The van der Waals surface area contributed by atoms with Gasteiger partial charge in [-0.1, -0.05) is 0 Å². The summed E-state index contributed by atoms with van der Waals surface area (Å²) in [5.74, 6) is 1.11. The van der Waals surface area contributed by atoms with Crippen molar-refractivity contribution in [3.63, 3.8) is 0 Å². The van der Waals surface area contributed by atoms with Crippen LogP contribution in [-0.2, 0) is 0 Å².